The summed E-state index contributed by atoms with van der Waals surface area (Å²) in [5, 5.41) is 20.7. The molecule has 0 unspecified atom stereocenters. The Balaban J connectivity index is 1.82. The zero-order chi connectivity index (χ0) is 35.0. The number of aldehydes is 2. The van der Waals surface area contributed by atoms with Crippen molar-refractivity contribution in [1.82, 2.24) is 9.97 Å². The zero-order valence-corrected chi connectivity index (χ0v) is 26.9. The molecule has 0 amide bonds. The summed E-state index contributed by atoms with van der Waals surface area (Å²) in [7, 11) is -3.24. The smallest absolute Gasteiger partial charge is 0.506 e. The van der Waals surface area contributed by atoms with Gasteiger partial charge in [-0.25, -0.2) is 8.63 Å². The van der Waals surface area contributed by atoms with Gasteiger partial charge in [0.25, 0.3) is 0 Å². The van der Waals surface area contributed by atoms with E-state index in [1.54, 1.807) is 24.3 Å². The Kier molecular flexibility index (Phi) is 11.4. The van der Waals surface area contributed by atoms with Crippen LogP contribution in [-0.2, 0) is 30.3 Å². The van der Waals surface area contributed by atoms with Crippen LogP contribution in [0.2, 0.25) is 0 Å². The van der Waals surface area contributed by atoms with Gasteiger partial charge in [0.1, 0.15) is 17.3 Å². The molecule has 4 aromatic rings. The zero-order valence-electron chi connectivity index (χ0n) is 26.9. The van der Waals surface area contributed by atoms with Crippen molar-refractivity contribution >= 4 is 31.6 Å². The van der Waals surface area contributed by atoms with Gasteiger partial charge in [-0.1, -0.05) is 51.7 Å². The third-order valence-corrected chi connectivity index (χ3v) is 7.85. The van der Waals surface area contributed by atoms with E-state index in [4.69, 9.17) is 4.65 Å². The average Bonchev–Trinajstić information content (AvgIpc) is 3.64. The van der Waals surface area contributed by atoms with Crippen molar-refractivity contribution in [3.8, 4) is 35.2 Å². The number of rotatable bonds is 11. The third-order valence-electron chi connectivity index (χ3n) is 7.85. The molecule has 0 fully saturated rings. The molecular weight excluding hydrogens is 617 g/mol. The lowest BCUT2D eigenvalue weighted by Crippen LogP contribution is -2.09. The topological polar surface area (TPSA) is 132 Å². The fourth-order valence-corrected chi connectivity index (χ4v) is 5.58. The van der Waals surface area contributed by atoms with Crippen LogP contribution < -0.4 is 0 Å². The van der Waals surface area contributed by atoms with E-state index in [2.05, 4.69) is 33.6 Å². The second-order valence-corrected chi connectivity index (χ2v) is 10.6. The second kappa shape index (κ2) is 15.7. The average molecular weight is 650 g/mol. The summed E-state index contributed by atoms with van der Waals surface area (Å²) < 4.78 is 32.5. The molecule has 4 N–H and O–H groups in total. The standard InChI is InChI=1S/C37H33BF2N2O6/c1-5-26-28(7-3)34(41-30(26)17-15-22-11-9-13-24(20-43)36(22)46)32(45)19-33(48-38(39)40)35-29(8-4)27(6-2)31(42-35)18-16-23-12-10-14-25(21-44)37(23)47/h9-14,19-21,41-42,46-47H,5-8H2,1-4H3/b33-19-. The lowest BCUT2D eigenvalue weighted by Gasteiger charge is -2.10. The number of nitrogens with one attached hydrogen (secondary N) is 2. The van der Waals surface area contributed by atoms with Gasteiger partial charge in [-0.2, -0.15) is 0 Å². The number of hydrogen-bond donors (Lipinski definition) is 4. The lowest BCUT2D eigenvalue weighted by molar-refractivity contribution is 0.104. The maximum atomic E-state index is 13.8. The molecule has 0 aliphatic heterocycles. The number of H-pyrrole nitrogens is 2. The Labute approximate surface area is 277 Å². The van der Waals surface area contributed by atoms with Crippen LogP contribution in [0.1, 0.15) is 109 Å². The number of aromatic hydroxyl groups is 2. The summed E-state index contributed by atoms with van der Waals surface area (Å²) in [4.78, 5) is 42.4. The van der Waals surface area contributed by atoms with Gasteiger partial charge in [-0.05, 0) is 84.0 Å². The Bertz CT molecular complexity index is 2040. The first kappa shape index (κ1) is 35.1. The lowest BCUT2D eigenvalue weighted by atomic mass is 10.00. The van der Waals surface area contributed by atoms with E-state index in [0.29, 0.717) is 60.8 Å². The van der Waals surface area contributed by atoms with Crippen LogP contribution in [0.5, 0.6) is 11.5 Å². The molecule has 0 radical (unpaired) electrons. The molecule has 8 nitrogen and oxygen atoms in total. The summed E-state index contributed by atoms with van der Waals surface area (Å²) in [6.07, 6.45) is 3.87. The first-order chi connectivity index (χ1) is 23.1. The number of carbonyl (C=O) groups is 3. The molecule has 11 heteroatoms. The molecule has 0 aliphatic carbocycles. The van der Waals surface area contributed by atoms with Gasteiger partial charge in [-0.15, -0.1) is 0 Å². The van der Waals surface area contributed by atoms with Crippen molar-refractivity contribution in [2.75, 3.05) is 0 Å². The highest BCUT2D eigenvalue weighted by Crippen LogP contribution is 2.30. The van der Waals surface area contributed by atoms with Gasteiger partial charge in [-0.3, -0.25) is 14.4 Å². The molecule has 2 aromatic heterocycles. The van der Waals surface area contributed by atoms with Crippen molar-refractivity contribution in [2.24, 2.45) is 0 Å². The van der Waals surface area contributed by atoms with E-state index in [1.165, 1.54) is 12.1 Å². The van der Waals surface area contributed by atoms with Crippen molar-refractivity contribution in [1.29, 1.82) is 0 Å². The van der Waals surface area contributed by atoms with Gasteiger partial charge in [0.2, 0.25) is 5.78 Å². The van der Waals surface area contributed by atoms with Crippen LogP contribution in [0.4, 0.5) is 8.63 Å². The summed E-state index contributed by atoms with van der Waals surface area (Å²) in [6, 6.07) is 9.19. The molecule has 0 atom stereocenters. The molecule has 2 heterocycles. The number of ketones is 1. The van der Waals surface area contributed by atoms with Crippen LogP contribution >= 0.6 is 0 Å². The second-order valence-electron chi connectivity index (χ2n) is 10.6. The quantitative estimate of drug-likeness (QED) is 0.0362. The van der Waals surface area contributed by atoms with Crippen LogP contribution in [0.3, 0.4) is 0 Å². The third kappa shape index (κ3) is 7.26. The molecule has 0 aliphatic rings. The molecular formula is C37H33BF2N2O6. The number of hydrogen-bond acceptors (Lipinski definition) is 6. The van der Waals surface area contributed by atoms with Gasteiger partial charge in [0, 0.05) is 6.08 Å². The number of allylic oxidation sites excluding steroid dienone is 1. The van der Waals surface area contributed by atoms with E-state index in [-0.39, 0.29) is 50.9 Å². The predicted octanol–water partition coefficient (Wildman–Crippen LogP) is 6.59. The normalized spacial score (nSPS) is 10.8. The summed E-state index contributed by atoms with van der Waals surface area (Å²) >= 11 is 0. The highest BCUT2D eigenvalue weighted by atomic mass is 19.2. The maximum Gasteiger partial charge on any atom is 0.796 e. The summed E-state index contributed by atoms with van der Waals surface area (Å²) in [6.45, 7) is 7.47. The highest BCUT2D eigenvalue weighted by Gasteiger charge is 2.27. The van der Waals surface area contributed by atoms with E-state index >= 15 is 0 Å². The van der Waals surface area contributed by atoms with E-state index in [9.17, 15) is 33.2 Å². The molecule has 0 bridgehead atoms. The maximum absolute atomic E-state index is 13.8. The van der Waals surface area contributed by atoms with Crippen molar-refractivity contribution in [3.63, 3.8) is 0 Å². The summed E-state index contributed by atoms with van der Waals surface area (Å²) in [5.74, 6) is 10.1. The monoisotopic (exact) mass is 650 g/mol. The van der Waals surface area contributed by atoms with Crippen LogP contribution in [0.15, 0.2) is 42.5 Å². The number of aromatic nitrogens is 2. The van der Waals surface area contributed by atoms with Gasteiger partial charge < -0.3 is 24.8 Å². The van der Waals surface area contributed by atoms with Gasteiger partial charge >= 0.3 is 7.47 Å². The number of aromatic amines is 2. The number of phenolic OH excluding ortho intramolecular Hbond substituents is 2. The van der Waals surface area contributed by atoms with E-state index in [0.717, 1.165) is 17.2 Å². The molecule has 4 rings (SSSR count). The van der Waals surface area contributed by atoms with Crippen molar-refractivity contribution in [2.45, 2.75) is 53.4 Å². The Morgan fingerprint density at radius 2 is 1.17 bits per heavy atom. The van der Waals surface area contributed by atoms with Gasteiger partial charge in [0.05, 0.1) is 45.0 Å². The van der Waals surface area contributed by atoms with Crippen molar-refractivity contribution in [3.05, 3.63) is 110 Å². The minimum atomic E-state index is -3.24. The van der Waals surface area contributed by atoms with Crippen LogP contribution in [-0.4, -0.2) is 46.0 Å². The molecule has 2 aromatic carbocycles. The fraction of sp³-hybridized carbons (Fsp3) is 0.216. The molecule has 0 saturated heterocycles. The van der Waals surface area contributed by atoms with E-state index < -0.39 is 13.3 Å². The molecule has 0 saturated carbocycles. The Morgan fingerprint density at radius 3 is 1.58 bits per heavy atom. The van der Waals surface area contributed by atoms with Gasteiger partial charge in [0.15, 0.2) is 12.6 Å². The predicted molar refractivity (Wildman–Crippen MR) is 179 cm³/mol. The SMILES string of the molecule is CCc1c(C#Cc2cccc(C=O)c2O)[nH]c(C(=O)/C=C(\OB(F)F)c2[nH]c(C#Cc3cccc(C=O)c3O)c(CC)c2CC)c1CC. The first-order valence-electron chi connectivity index (χ1n) is 15.4. The minimum Gasteiger partial charge on any atom is -0.506 e. The van der Waals surface area contributed by atoms with Crippen LogP contribution in [0, 0.1) is 23.7 Å². The number of carbonyl (C=O) groups excluding carboxylic acids is 3. The molecule has 48 heavy (non-hydrogen) atoms. The van der Waals surface area contributed by atoms with Crippen molar-refractivity contribution < 1.29 is 37.9 Å². The number of halogens is 2. The largest absolute Gasteiger partial charge is 0.796 e. The molecule has 244 valence electrons. The summed E-state index contributed by atoms with van der Waals surface area (Å²) in [5.41, 5.74) is 4.51. The fourth-order valence-electron chi connectivity index (χ4n) is 5.58. The number of para-hydroxylation sites is 2. The first-order valence-corrected chi connectivity index (χ1v) is 15.4. The van der Waals surface area contributed by atoms with Crippen LogP contribution in [0.25, 0.3) is 5.76 Å². The minimum absolute atomic E-state index is 0.0781. The number of benzene rings is 2. The Morgan fingerprint density at radius 1 is 0.729 bits per heavy atom. The Hall–Kier alpha value is -5.81. The molecule has 0 spiro atoms. The highest BCUT2D eigenvalue weighted by molar-refractivity contribution is 6.36. The number of phenols is 2. The van der Waals surface area contributed by atoms with E-state index in [1.807, 2.05) is 27.7 Å².